The zero-order chi connectivity index (χ0) is 14.0. The molecule has 3 atom stereocenters. The second-order valence-corrected chi connectivity index (χ2v) is 5.69. The van der Waals surface area contributed by atoms with E-state index in [1.807, 2.05) is 13.8 Å². The van der Waals surface area contributed by atoms with Crippen molar-refractivity contribution in [2.24, 2.45) is 0 Å². The Hall–Kier alpha value is -1.10. The Bertz CT molecular complexity index is 370. The summed E-state index contributed by atoms with van der Waals surface area (Å²) in [5.41, 5.74) is -0.999. The summed E-state index contributed by atoms with van der Waals surface area (Å²) in [5, 5.41) is 9.57. The number of nitrogens with zero attached hydrogens (tertiary/aromatic N) is 1. The molecule has 0 aliphatic carbocycles. The van der Waals surface area contributed by atoms with Crippen LogP contribution in [-0.4, -0.2) is 46.2 Å². The molecule has 2 aliphatic rings. The zero-order valence-electron chi connectivity index (χ0n) is 11.7. The van der Waals surface area contributed by atoms with Crippen molar-refractivity contribution >= 4 is 11.9 Å². The smallest absolute Gasteiger partial charge is 0.329 e. The van der Waals surface area contributed by atoms with Crippen molar-refractivity contribution in [1.29, 1.82) is 0 Å². The number of likely N-dealkylation sites (tertiary alicyclic amines) is 1. The molecule has 2 aliphatic heterocycles. The Morgan fingerprint density at radius 3 is 2.68 bits per heavy atom. The average Bonchev–Trinajstić information content (AvgIpc) is 2.96. The van der Waals surface area contributed by atoms with Crippen LogP contribution in [0, 0.1) is 0 Å². The van der Waals surface area contributed by atoms with Crippen LogP contribution in [0.15, 0.2) is 0 Å². The van der Waals surface area contributed by atoms with Gasteiger partial charge in [-0.2, -0.15) is 0 Å². The molecule has 1 amide bonds. The van der Waals surface area contributed by atoms with Crippen molar-refractivity contribution in [2.45, 2.75) is 70.1 Å². The van der Waals surface area contributed by atoms with Gasteiger partial charge in [-0.3, -0.25) is 4.79 Å². The maximum absolute atomic E-state index is 12.5. The first-order chi connectivity index (χ1) is 9.01. The first-order valence-corrected chi connectivity index (χ1v) is 7.21. The molecule has 2 saturated heterocycles. The van der Waals surface area contributed by atoms with Gasteiger partial charge in [0.15, 0.2) is 0 Å². The van der Waals surface area contributed by atoms with E-state index in [9.17, 15) is 14.7 Å². The molecule has 0 radical (unpaired) electrons. The summed E-state index contributed by atoms with van der Waals surface area (Å²) in [4.78, 5) is 25.8. The van der Waals surface area contributed by atoms with E-state index in [0.717, 1.165) is 19.3 Å². The van der Waals surface area contributed by atoms with Crippen molar-refractivity contribution in [1.82, 2.24) is 4.90 Å². The molecule has 3 unspecified atom stereocenters. The molecule has 2 heterocycles. The van der Waals surface area contributed by atoms with Crippen molar-refractivity contribution in [2.75, 3.05) is 6.54 Å². The summed E-state index contributed by atoms with van der Waals surface area (Å²) in [5.74, 6) is -0.996. The van der Waals surface area contributed by atoms with Crippen LogP contribution in [0.2, 0.25) is 0 Å². The highest BCUT2D eigenvalue weighted by atomic mass is 16.5. The summed E-state index contributed by atoms with van der Waals surface area (Å²) in [6, 6.07) is 0. The lowest BCUT2D eigenvalue weighted by Crippen LogP contribution is -2.55. The molecular formula is C14H23NO4. The Balaban J connectivity index is 2.17. The normalized spacial score (nSPS) is 34.7. The molecule has 5 nitrogen and oxygen atoms in total. The lowest BCUT2D eigenvalue weighted by molar-refractivity contribution is -0.161. The van der Waals surface area contributed by atoms with Crippen LogP contribution >= 0.6 is 0 Å². The quantitative estimate of drug-likeness (QED) is 0.845. The predicted octanol–water partition coefficient (Wildman–Crippen LogP) is 1.80. The topological polar surface area (TPSA) is 66.8 Å². The molecule has 0 spiro atoms. The number of ether oxygens (including phenoxy) is 1. The summed E-state index contributed by atoms with van der Waals surface area (Å²) in [7, 11) is 0. The zero-order valence-corrected chi connectivity index (χ0v) is 11.7. The third-order valence-electron chi connectivity index (χ3n) is 4.32. The number of rotatable bonds is 4. The van der Waals surface area contributed by atoms with Crippen molar-refractivity contribution in [3.05, 3.63) is 0 Å². The Kier molecular flexibility index (Phi) is 4.13. The predicted molar refractivity (Wildman–Crippen MR) is 69.8 cm³/mol. The highest BCUT2D eigenvalue weighted by Crippen LogP contribution is 2.36. The Morgan fingerprint density at radius 2 is 2.16 bits per heavy atom. The SMILES string of the molecule is CCCC1(C(=O)O)CCCN1C(=O)C1CCC(C)O1. The van der Waals surface area contributed by atoms with Gasteiger partial charge in [0, 0.05) is 6.54 Å². The minimum Gasteiger partial charge on any atom is -0.479 e. The Labute approximate surface area is 113 Å². The third-order valence-corrected chi connectivity index (χ3v) is 4.32. The fourth-order valence-electron chi connectivity index (χ4n) is 3.36. The third kappa shape index (κ3) is 2.48. The molecule has 0 aromatic rings. The van der Waals surface area contributed by atoms with Crippen molar-refractivity contribution in [3.63, 3.8) is 0 Å². The standard InChI is InChI=1S/C14H23NO4/c1-3-7-14(13(17)18)8-4-9-15(14)12(16)11-6-5-10(2)19-11/h10-11H,3-9H2,1-2H3,(H,17,18). The molecule has 2 rings (SSSR count). The number of carbonyl (C=O) groups excluding carboxylic acids is 1. The van der Waals surface area contributed by atoms with Gasteiger partial charge in [-0.15, -0.1) is 0 Å². The molecule has 1 N–H and O–H groups in total. The molecule has 0 aromatic carbocycles. The van der Waals surface area contributed by atoms with Gasteiger partial charge in [-0.25, -0.2) is 4.79 Å². The van der Waals surface area contributed by atoms with Gasteiger partial charge in [0.25, 0.3) is 5.91 Å². The lowest BCUT2D eigenvalue weighted by Gasteiger charge is -2.36. The number of aliphatic carboxylic acids is 1. The molecule has 108 valence electrons. The molecule has 0 saturated carbocycles. The molecule has 2 fully saturated rings. The first kappa shape index (κ1) is 14.3. The maximum Gasteiger partial charge on any atom is 0.329 e. The largest absolute Gasteiger partial charge is 0.479 e. The van der Waals surface area contributed by atoms with Crippen molar-refractivity contribution in [3.8, 4) is 0 Å². The van der Waals surface area contributed by atoms with Gasteiger partial charge in [-0.1, -0.05) is 13.3 Å². The summed E-state index contributed by atoms with van der Waals surface area (Å²) >= 11 is 0. The van der Waals surface area contributed by atoms with Crippen molar-refractivity contribution < 1.29 is 19.4 Å². The highest BCUT2D eigenvalue weighted by Gasteiger charge is 2.51. The molecular weight excluding hydrogens is 246 g/mol. The number of carbonyl (C=O) groups is 2. The van der Waals surface area contributed by atoms with E-state index in [1.165, 1.54) is 0 Å². The maximum atomic E-state index is 12.5. The summed E-state index contributed by atoms with van der Waals surface area (Å²) in [6.07, 6.45) is 3.85. The van der Waals surface area contributed by atoms with Crippen LogP contribution in [-0.2, 0) is 14.3 Å². The summed E-state index contributed by atoms with van der Waals surface area (Å²) in [6.45, 7) is 4.45. The van der Waals surface area contributed by atoms with Gasteiger partial charge in [0.1, 0.15) is 11.6 Å². The van der Waals surface area contributed by atoms with E-state index < -0.39 is 17.6 Å². The van der Waals surface area contributed by atoms with Crippen LogP contribution in [0.1, 0.15) is 52.4 Å². The number of hydrogen-bond acceptors (Lipinski definition) is 3. The van der Waals surface area contributed by atoms with Gasteiger partial charge in [0.05, 0.1) is 6.10 Å². The van der Waals surface area contributed by atoms with Gasteiger partial charge < -0.3 is 14.7 Å². The van der Waals surface area contributed by atoms with Crippen LogP contribution in [0.25, 0.3) is 0 Å². The number of carboxylic acids is 1. The second-order valence-electron chi connectivity index (χ2n) is 5.69. The number of carboxylic acid groups (broad SMARTS) is 1. The van der Waals surface area contributed by atoms with Gasteiger partial charge in [-0.05, 0) is 39.0 Å². The van der Waals surface area contributed by atoms with E-state index in [2.05, 4.69) is 0 Å². The molecule has 19 heavy (non-hydrogen) atoms. The second kappa shape index (κ2) is 5.49. The highest BCUT2D eigenvalue weighted by molar-refractivity contribution is 5.90. The fourth-order valence-corrected chi connectivity index (χ4v) is 3.36. The molecule has 0 bridgehead atoms. The van der Waals surface area contributed by atoms with Crippen LogP contribution in [0.4, 0.5) is 0 Å². The van der Waals surface area contributed by atoms with E-state index in [4.69, 9.17) is 4.74 Å². The summed E-state index contributed by atoms with van der Waals surface area (Å²) < 4.78 is 5.60. The fraction of sp³-hybridized carbons (Fsp3) is 0.857. The van der Waals surface area contributed by atoms with E-state index in [0.29, 0.717) is 25.8 Å². The van der Waals surface area contributed by atoms with Crippen LogP contribution in [0.3, 0.4) is 0 Å². The first-order valence-electron chi connectivity index (χ1n) is 7.21. The number of hydrogen-bond donors (Lipinski definition) is 1. The molecule has 0 aromatic heterocycles. The van der Waals surface area contributed by atoms with E-state index >= 15 is 0 Å². The van der Waals surface area contributed by atoms with E-state index in [1.54, 1.807) is 4.90 Å². The van der Waals surface area contributed by atoms with Gasteiger partial charge >= 0.3 is 5.97 Å². The van der Waals surface area contributed by atoms with E-state index in [-0.39, 0.29) is 12.0 Å². The average molecular weight is 269 g/mol. The number of amides is 1. The minimum absolute atomic E-state index is 0.0990. The Morgan fingerprint density at radius 1 is 1.42 bits per heavy atom. The lowest BCUT2D eigenvalue weighted by atomic mass is 9.90. The van der Waals surface area contributed by atoms with Gasteiger partial charge in [0.2, 0.25) is 0 Å². The molecule has 5 heteroatoms. The monoisotopic (exact) mass is 269 g/mol. The minimum atomic E-state index is -0.999. The van der Waals surface area contributed by atoms with Crippen LogP contribution in [0.5, 0.6) is 0 Å². The van der Waals surface area contributed by atoms with Crippen LogP contribution < -0.4 is 0 Å².